The van der Waals surface area contributed by atoms with Crippen LogP contribution in [0.25, 0.3) is 27.8 Å². The number of hydrogen-bond donors (Lipinski definition) is 3. The van der Waals surface area contributed by atoms with E-state index in [1.807, 2.05) is 29.1 Å². The Morgan fingerprint density at radius 3 is 2.75 bits per heavy atom. The normalized spacial score (nSPS) is 11.1. The molecule has 1 amide bonds. The Bertz CT molecular complexity index is 1320. The van der Waals surface area contributed by atoms with Crippen LogP contribution in [0.3, 0.4) is 0 Å². The van der Waals surface area contributed by atoms with Gasteiger partial charge in [-0.25, -0.2) is 9.97 Å². The number of imidazole rings is 1. The summed E-state index contributed by atoms with van der Waals surface area (Å²) in [4.78, 5) is 23.4. The van der Waals surface area contributed by atoms with Crippen molar-refractivity contribution in [2.75, 3.05) is 5.32 Å². The summed E-state index contributed by atoms with van der Waals surface area (Å²) in [5.41, 5.74) is 10.4. The van der Waals surface area contributed by atoms with E-state index in [4.69, 9.17) is 5.73 Å². The van der Waals surface area contributed by atoms with Crippen molar-refractivity contribution >= 4 is 34.0 Å². The van der Waals surface area contributed by atoms with Crippen LogP contribution in [0.1, 0.15) is 10.4 Å². The summed E-state index contributed by atoms with van der Waals surface area (Å²) in [6.45, 7) is 0. The minimum absolute atomic E-state index is 0.455. The molecule has 0 fully saturated rings. The Kier molecular flexibility index (Phi) is 3.58. The molecule has 28 heavy (non-hydrogen) atoms. The van der Waals surface area contributed by atoms with Gasteiger partial charge in [0.2, 0.25) is 5.91 Å². The first-order valence-corrected chi connectivity index (χ1v) is 8.75. The van der Waals surface area contributed by atoms with E-state index in [9.17, 15) is 4.79 Å². The zero-order chi connectivity index (χ0) is 19.1. The average molecular weight is 368 g/mol. The Morgan fingerprint density at radius 2 is 1.93 bits per heavy atom. The van der Waals surface area contributed by atoms with Crippen molar-refractivity contribution in [3.05, 3.63) is 78.9 Å². The highest BCUT2D eigenvalue weighted by molar-refractivity contribution is 5.93. The van der Waals surface area contributed by atoms with Gasteiger partial charge in [-0.05, 0) is 42.5 Å². The number of carbonyl (C=O) groups is 1. The molecule has 5 aromatic rings. The number of rotatable bonds is 4. The van der Waals surface area contributed by atoms with Crippen LogP contribution in [0, 0.1) is 0 Å². The van der Waals surface area contributed by atoms with Gasteiger partial charge in [0.05, 0.1) is 11.9 Å². The number of carbonyl (C=O) groups excluding carboxylic acids is 1. The molecule has 0 aliphatic carbocycles. The van der Waals surface area contributed by atoms with Gasteiger partial charge < -0.3 is 16.0 Å². The molecule has 7 heteroatoms. The van der Waals surface area contributed by atoms with Crippen molar-refractivity contribution < 1.29 is 4.79 Å². The van der Waals surface area contributed by atoms with Crippen molar-refractivity contribution in [1.82, 2.24) is 19.4 Å². The number of nitrogens with two attached hydrogens (primary N) is 1. The van der Waals surface area contributed by atoms with Crippen molar-refractivity contribution in [1.29, 1.82) is 0 Å². The first-order valence-electron chi connectivity index (χ1n) is 8.75. The van der Waals surface area contributed by atoms with E-state index in [1.54, 1.807) is 30.5 Å². The summed E-state index contributed by atoms with van der Waals surface area (Å²) in [6.07, 6.45) is 7.39. The van der Waals surface area contributed by atoms with E-state index in [-0.39, 0.29) is 0 Å². The molecule has 136 valence electrons. The first kappa shape index (κ1) is 16.1. The molecule has 3 aromatic heterocycles. The number of fused-ring (bicyclic) bond motifs is 2. The standard InChI is InChI=1S/C21H16N6O/c22-19(28)13-1-4-16(5-2-13)26-20-21-25-12-18(27(21)10-9-24-20)15-3-6-17-14(11-15)7-8-23-17/h1-12,23H,(H2,22,28)(H,24,26). The van der Waals surface area contributed by atoms with Gasteiger partial charge in [0.15, 0.2) is 11.5 Å². The number of nitrogens with one attached hydrogen (secondary N) is 2. The molecule has 0 aliphatic heterocycles. The number of anilines is 2. The molecule has 0 saturated heterocycles. The molecular weight excluding hydrogens is 352 g/mol. The van der Waals surface area contributed by atoms with Gasteiger partial charge in [-0.2, -0.15) is 0 Å². The molecule has 0 unspecified atom stereocenters. The maximum Gasteiger partial charge on any atom is 0.248 e. The molecule has 0 bridgehead atoms. The van der Waals surface area contributed by atoms with Crippen LogP contribution in [0.5, 0.6) is 0 Å². The minimum atomic E-state index is -0.455. The molecule has 0 radical (unpaired) electrons. The molecule has 5 rings (SSSR count). The molecule has 0 atom stereocenters. The van der Waals surface area contributed by atoms with E-state index < -0.39 is 5.91 Å². The number of hydrogen-bond acceptors (Lipinski definition) is 4. The smallest absolute Gasteiger partial charge is 0.248 e. The second-order valence-corrected chi connectivity index (χ2v) is 6.46. The van der Waals surface area contributed by atoms with Crippen LogP contribution in [0.4, 0.5) is 11.5 Å². The summed E-state index contributed by atoms with van der Waals surface area (Å²) >= 11 is 0. The topological polar surface area (TPSA) is 101 Å². The van der Waals surface area contributed by atoms with Crippen molar-refractivity contribution in [3.8, 4) is 11.3 Å². The average Bonchev–Trinajstić information content (AvgIpc) is 3.35. The molecule has 0 saturated carbocycles. The van der Waals surface area contributed by atoms with Crippen LogP contribution >= 0.6 is 0 Å². The molecule has 2 aromatic carbocycles. The Labute approximate surface area is 159 Å². The summed E-state index contributed by atoms with van der Waals surface area (Å²) in [7, 11) is 0. The zero-order valence-electron chi connectivity index (χ0n) is 14.8. The third-order valence-electron chi connectivity index (χ3n) is 4.71. The quantitative estimate of drug-likeness (QED) is 0.450. The zero-order valence-corrected chi connectivity index (χ0v) is 14.8. The van der Waals surface area contributed by atoms with Gasteiger partial charge in [0, 0.05) is 46.3 Å². The van der Waals surface area contributed by atoms with Gasteiger partial charge in [-0.1, -0.05) is 6.07 Å². The molecule has 7 nitrogen and oxygen atoms in total. The highest BCUT2D eigenvalue weighted by Gasteiger charge is 2.11. The maximum absolute atomic E-state index is 11.2. The van der Waals surface area contributed by atoms with Gasteiger partial charge in [0.25, 0.3) is 0 Å². The predicted molar refractivity (Wildman–Crippen MR) is 109 cm³/mol. The lowest BCUT2D eigenvalue weighted by Crippen LogP contribution is -2.10. The minimum Gasteiger partial charge on any atom is -0.366 e. The van der Waals surface area contributed by atoms with Crippen LogP contribution in [0.2, 0.25) is 0 Å². The van der Waals surface area contributed by atoms with E-state index in [0.29, 0.717) is 17.0 Å². The summed E-state index contributed by atoms with van der Waals surface area (Å²) < 4.78 is 2.00. The molecule has 0 aliphatic rings. The molecule has 0 spiro atoms. The number of H-pyrrole nitrogens is 1. The Balaban J connectivity index is 1.54. The fraction of sp³-hybridized carbons (Fsp3) is 0. The van der Waals surface area contributed by atoms with Gasteiger partial charge in [-0.3, -0.25) is 9.20 Å². The maximum atomic E-state index is 11.2. The largest absolute Gasteiger partial charge is 0.366 e. The fourth-order valence-electron chi connectivity index (χ4n) is 3.29. The number of primary amides is 1. The lowest BCUT2D eigenvalue weighted by atomic mass is 10.1. The number of aromatic amines is 1. The third-order valence-corrected chi connectivity index (χ3v) is 4.71. The molecule has 4 N–H and O–H groups in total. The second-order valence-electron chi connectivity index (χ2n) is 6.46. The summed E-state index contributed by atoms with van der Waals surface area (Å²) in [5.74, 6) is 0.173. The van der Waals surface area contributed by atoms with E-state index in [2.05, 4.69) is 38.5 Å². The lowest BCUT2D eigenvalue weighted by molar-refractivity contribution is 0.100. The number of benzene rings is 2. The van der Waals surface area contributed by atoms with Crippen LogP contribution in [-0.4, -0.2) is 25.3 Å². The van der Waals surface area contributed by atoms with Crippen LogP contribution in [0.15, 0.2) is 73.3 Å². The highest BCUT2D eigenvalue weighted by Crippen LogP contribution is 2.27. The van der Waals surface area contributed by atoms with Crippen molar-refractivity contribution in [2.45, 2.75) is 0 Å². The number of amides is 1. The summed E-state index contributed by atoms with van der Waals surface area (Å²) in [5, 5.41) is 4.40. The number of nitrogens with zero attached hydrogens (tertiary/aromatic N) is 3. The van der Waals surface area contributed by atoms with E-state index >= 15 is 0 Å². The van der Waals surface area contributed by atoms with Crippen LogP contribution in [-0.2, 0) is 0 Å². The lowest BCUT2D eigenvalue weighted by Gasteiger charge is -2.08. The van der Waals surface area contributed by atoms with Crippen molar-refractivity contribution in [2.24, 2.45) is 5.73 Å². The molecular formula is C21H16N6O. The van der Waals surface area contributed by atoms with Gasteiger partial charge in [-0.15, -0.1) is 0 Å². The van der Waals surface area contributed by atoms with Gasteiger partial charge in [0.1, 0.15) is 0 Å². The number of aromatic nitrogens is 4. The van der Waals surface area contributed by atoms with E-state index in [0.717, 1.165) is 27.8 Å². The highest BCUT2D eigenvalue weighted by atomic mass is 16.1. The Morgan fingerprint density at radius 1 is 1.07 bits per heavy atom. The first-order chi connectivity index (χ1) is 13.7. The predicted octanol–water partition coefficient (Wildman–Crippen LogP) is 3.72. The van der Waals surface area contributed by atoms with E-state index in [1.165, 1.54) is 0 Å². The third kappa shape index (κ3) is 2.66. The monoisotopic (exact) mass is 368 g/mol. The SMILES string of the molecule is NC(=O)c1ccc(Nc2nccn3c(-c4ccc5[nH]ccc5c4)cnc23)cc1. The molecule has 3 heterocycles. The second kappa shape index (κ2) is 6.24. The fourth-order valence-corrected chi connectivity index (χ4v) is 3.29. The van der Waals surface area contributed by atoms with Crippen LogP contribution < -0.4 is 11.1 Å². The van der Waals surface area contributed by atoms with Gasteiger partial charge >= 0.3 is 0 Å². The summed E-state index contributed by atoms with van der Waals surface area (Å²) in [6, 6.07) is 15.2. The Hall–Kier alpha value is -4.13. The van der Waals surface area contributed by atoms with Crippen molar-refractivity contribution in [3.63, 3.8) is 0 Å².